The fraction of sp³-hybridized carbons (Fsp3) is 0.429. The summed E-state index contributed by atoms with van der Waals surface area (Å²) in [4.78, 5) is 22.9. The van der Waals surface area contributed by atoms with Gasteiger partial charge >= 0.3 is 5.97 Å². The minimum Gasteiger partial charge on any atom is -0.486 e. The molecule has 0 spiro atoms. The Morgan fingerprint density at radius 1 is 1.25 bits per heavy atom. The van der Waals surface area contributed by atoms with E-state index in [1.54, 1.807) is 32.0 Å². The molecule has 0 saturated heterocycles. The van der Waals surface area contributed by atoms with E-state index in [2.05, 4.69) is 5.32 Å². The Hall–Kier alpha value is -2.24. The molecule has 1 aliphatic rings. The maximum absolute atomic E-state index is 11.6. The molecule has 1 aliphatic heterocycles. The van der Waals surface area contributed by atoms with Crippen LogP contribution in [0.25, 0.3) is 0 Å². The topological polar surface area (TPSA) is 73.9 Å². The molecule has 2 rings (SSSR count). The van der Waals surface area contributed by atoms with Crippen LogP contribution in [0.3, 0.4) is 0 Å². The summed E-state index contributed by atoms with van der Waals surface area (Å²) < 4.78 is 15.6. The second kappa shape index (κ2) is 6.27. The number of hydrogen-bond acceptors (Lipinski definition) is 5. The van der Waals surface area contributed by atoms with E-state index in [0.717, 1.165) is 0 Å². The van der Waals surface area contributed by atoms with Crippen LogP contribution >= 0.6 is 0 Å². The van der Waals surface area contributed by atoms with Gasteiger partial charge in [-0.15, -0.1) is 0 Å². The fourth-order valence-electron chi connectivity index (χ4n) is 1.62. The van der Waals surface area contributed by atoms with E-state index in [0.29, 0.717) is 30.4 Å². The maximum atomic E-state index is 11.6. The monoisotopic (exact) mass is 279 g/mol. The quantitative estimate of drug-likeness (QED) is 0.847. The predicted molar refractivity (Wildman–Crippen MR) is 71.9 cm³/mol. The molecule has 0 atom stereocenters. The van der Waals surface area contributed by atoms with E-state index in [-0.39, 0.29) is 12.5 Å². The molecule has 20 heavy (non-hydrogen) atoms. The van der Waals surface area contributed by atoms with Gasteiger partial charge in [0.15, 0.2) is 18.1 Å². The van der Waals surface area contributed by atoms with Crippen LogP contribution in [-0.4, -0.2) is 31.7 Å². The van der Waals surface area contributed by atoms with Crippen LogP contribution in [0.2, 0.25) is 0 Å². The summed E-state index contributed by atoms with van der Waals surface area (Å²) in [6, 6.07) is 5.11. The Kier molecular flexibility index (Phi) is 4.45. The Morgan fingerprint density at radius 2 is 1.95 bits per heavy atom. The number of amides is 1. The predicted octanol–water partition coefficient (Wildman–Crippen LogP) is 1.60. The summed E-state index contributed by atoms with van der Waals surface area (Å²) >= 11 is 0. The van der Waals surface area contributed by atoms with Crippen molar-refractivity contribution < 1.29 is 23.8 Å². The number of ether oxygens (including phenoxy) is 3. The van der Waals surface area contributed by atoms with Crippen LogP contribution in [0.1, 0.15) is 13.8 Å². The molecule has 1 heterocycles. The van der Waals surface area contributed by atoms with E-state index in [4.69, 9.17) is 14.2 Å². The van der Waals surface area contributed by atoms with Gasteiger partial charge in [-0.25, -0.2) is 0 Å². The number of esters is 1. The van der Waals surface area contributed by atoms with Gasteiger partial charge in [-0.2, -0.15) is 0 Å². The van der Waals surface area contributed by atoms with Crippen molar-refractivity contribution in [3.05, 3.63) is 18.2 Å². The Morgan fingerprint density at radius 3 is 2.65 bits per heavy atom. The number of hydrogen-bond donors (Lipinski definition) is 1. The molecule has 0 bridgehead atoms. The summed E-state index contributed by atoms with van der Waals surface area (Å²) in [7, 11) is 0. The van der Waals surface area contributed by atoms with Gasteiger partial charge < -0.3 is 19.5 Å². The highest BCUT2D eigenvalue weighted by atomic mass is 16.6. The number of fused-ring (bicyclic) bond motifs is 1. The third-order valence-electron chi connectivity index (χ3n) is 2.64. The average molecular weight is 279 g/mol. The molecular formula is C14H17NO5. The molecular weight excluding hydrogens is 262 g/mol. The molecule has 0 aliphatic carbocycles. The first-order valence-electron chi connectivity index (χ1n) is 6.42. The molecule has 0 aromatic heterocycles. The summed E-state index contributed by atoms with van der Waals surface area (Å²) in [6.07, 6.45) is 0. The van der Waals surface area contributed by atoms with Gasteiger partial charge in [0.1, 0.15) is 13.2 Å². The van der Waals surface area contributed by atoms with Crippen molar-refractivity contribution in [2.24, 2.45) is 5.92 Å². The van der Waals surface area contributed by atoms with Crippen molar-refractivity contribution in [1.82, 2.24) is 0 Å². The van der Waals surface area contributed by atoms with Crippen LogP contribution in [0.15, 0.2) is 18.2 Å². The zero-order chi connectivity index (χ0) is 14.5. The summed E-state index contributed by atoms with van der Waals surface area (Å²) in [5.41, 5.74) is 0.569. The van der Waals surface area contributed by atoms with Gasteiger partial charge in [0.25, 0.3) is 5.91 Å². The van der Waals surface area contributed by atoms with Crippen molar-refractivity contribution in [1.29, 1.82) is 0 Å². The van der Waals surface area contributed by atoms with Crippen molar-refractivity contribution in [2.45, 2.75) is 13.8 Å². The molecule has 0 radical (unpaired) electrons. The lowest BCUT2D eigenvalue weighted by Crippen LogP contribution is -2.23. The highest BCUT2D eigenvalue weighted by molar-refractivity contribution is 5.93. The normalized spacial score (nSPS) is 12.9. The van der Waals surface area contributed by atoms with Crippen molar-refractivity contribution >= 4 is 17.6 Å². The van der Waals surface area contributed by atoms with Crippen molar-refractivity contribution in [2.75, 3.05) is 25.1 Å². The maximum Gasteiger partial charge on any atom is 0.308 e. The minimum atomic E-state index is -0.401. The van der Waals surface area contributed by atoms with Gasteiger partial charge in [-0.1, -0.05) is 13.8 Å². The summed E-state index contributed by atoms with van der Waals surface area (Å²) in [6.45, 7) is 4.12. The Labute approximate surface area is 117 Å². The van der Waals surface area contributed by atoms with E-state index >= 15 is 0 Å². The summed E-state index contributed by atoms with van der Waals surface area (Å²) in [5.74, 6) is 0.198. The lowest BCUT2D eigenvalue weighted by atomic mass is 10.2. The number of carbonyl (C=O) groups is 2. The molecule has 6 nitrogen and oxygen atoms in total. The lowest BCUT2D eigenvalue weighted by Gasteiger charge is -2.19. The summed E-state index contributed by atoms with van der Waals surface area (Å²) in [5, 5.41) is 2.63. The number of rotatable bonds is 4. The molecule has 6 heteroatoms. The lowest BCUT2D eigenvalue weighted by molar-refractivity contribution is -0.150. The molecule has 0 fully saturated rings. The molecule has 1 N–H and O–H groups in total. The zero-order valence-corrected chi connectivity index (χ0v) is 11.5. The Balaban J connectivity index is 1.89. The van der Waals surface area contributed by atoms with Crippen LogP contribution in [0, 0.1) is 5.92 Å². The molecule has 1 aromatic carbocycles. The van der Waals surface area contributed by atoms with Gasteiger partial charge in [-0.3, -0.25) is 9.59 Å². The molecule has 0 unspecified atom stereocenters. The van der Waals surface area contributed by atoms with Gasteiger partial charge in [0.2, 0.25) is 0 Å². The molecule has 108 valence electrons. The average Bonchev–Trinajstić information content (AvgIpc) is 2.44. The molecule has 0 saturated carbocycles. The largest absolute Gasteiger partial charge is 0.486 e. The first-order chi connectivity index (χ1) is 9.56. The number of anilines is 1. The second-order valence-corrected chi connectivity index (χ2v) is 4.67. The van der Waals surface area contributed by atoms with Crippen LogP contribution in [0.4, 0.5) is 5.69 Å². The minimum absolute atomic E-state index is 0.253. The number of benzene rings is 1. The van der Waals surface area contributed by atoms with Crippen LogP contribution in [0.5, 0.6) is 11.5 Å². The fourth-order valence-corrected chi connectivity index (χ4v) is 1.62. The van der Waals surface area contributed by atoms with E-state index in [1.165, 1.54) is 0 Å². The van der Waals surface area contributed by atoms with E-state index in [9.17, 15) is 9.59 Å². The highest BCUT2D eigenvalue weighted by Gasteiger charge is 2.14. The Bertz CT molecular complexity index is 512. The highest BCUT2D eigenvalue weighted by Crippen LogP contribution is 2.32. The zero-order valence-electron chi connectivity index (χ0n) is 11.5. The van der Waals surface area contributed by atoms with Gasteiger partial charge in [0, 0.05) is 11.8 Å². The van der Waals surface area contributed by atoms with E-state index in [1.807, 2.05) is 0 Å². The second-order valence-electron chi connectivity index (χ2n) is 4.67. The standard InChI is InChI=1S/C14H17NO5/c1-9(2)14(17)20-8-13(16)15-10-3-4-11-12(7-10)19-6-5-18-11/h3-4,7,9H,5-6,8H2,1-2H3,(H,15,16). The third kappa shape index (κ3) is 3.63. The first kappa shape index (κ1) is 14.2. The first-order valence-corrected chi connectivity index (χ1v) is 6.42. The molecule has 1 aromatic rings. The van der Waals surface area contributed by atoms with Crippen molar-refractivity contribution in [3.63, 3.8) is 0 Å². The van der Waals surface area contributed by atoms with Crippen LogP contribution in [-0.2, 0) is 14.3 Å². The van der Waals surface area contributed by atoms with Gasteiger partial charge in [0.05, 0.1) is 5.92 Å². The van der Waals surface area contributed by atoms with Gasteiger partial charge in [-0.05, 0) is 12.1 Å². The third-order valence-corrected chi connectivity index (χ3v) is 2.64. The van der Waals surface area contributed by atoms with Crippen molar-refractivity contribution in [3.8, 4) is 11.5 Å². The van der Waals surface area contributed by atoms with Crippen LogP contribution < -0.4 is 14.8 Å². The number of nitrogens with one attached hydrogen (secondary N) is 1. The number of carbonyl (C=O) groups excluding carboxylic acids is 2. The molecule has 1 amide bonds. The SMILES string of the molecule is CC(C)C(=O)OCC(=O)Nc1ccc2c(c1)OCCO2. The van der Waals surface area contributed by atoms with E-state index < -0.39 is 11.9 Å². The smallest absolute Gasteiger partial charge is 0.308 e.